The first kappa shape index (κ1) is 18.3. The largest absolute Gasteiger partial charge is 0.478 e. The van der Waals surface area contributed by atoms with Gasteiger partial charge in [0.1, 0.15) is 0 Å². The van der Waals surface area contributed by atoms with Crippen molar-refractivity contribution in [2.45, 2.75) is 49.9 Å². The molecule has 0 aliphatic carbocycles. The summed E-state index contributed by atoms with van der Waals surface area (Å²) >= 11 is 0. The molecular weight excluding hydrogens is 362 g/mol. The second-order valence-electron chi connectivity index (χ2n) is 8.52. The van der Waals surface area contributed by atoms with Crippen LogP contribution < -0.4 is 0 Å². The summed E-state index contributed by atoms with van der Waals surface area (Å²) in [4.78, 5) is 14.1. The van der Waals surface area contributed by atoms with Crippen LogP contribution in [0.3, 0.4) is 0 Å². The van der Waals surface area contributed by atoms with E-state index in [1.54, 1.807) is 6.07 Å². The number of aliphatic hydroxyl groups is 1. The van der Waals surface area contributed by atoms with Crippen LogP contribution in [0.15, 0.2) is 66.7 Å². The maximum Gasteiger partial charge on any atom is 0.335 e. The molecule has 4 heteroatoms. The minimum absolute atomic E-state index is 0.311. The van der Waals surface area contributed by atoms with Gasteiger partial charge in [-0.3, -0.25) is 4.90 Å². The van der Waals surface area contributed by atoms with E-state index in [2.05, 4.69) is 11.0 Å². The predicted molar refractivity (Wildman–Crippen MR) is 113 cm³/mol. The van der Waals surface area contributed by atoms with Crippen molar-refractivity contribution < 1.29 is 15.0 Å². The Morgan fingerprint density at radius 2 is 1.62 bits per heavy atom. The van der Waals surface area contributed by atoms with Crippen molar-refractivity contribution >= 4 is 16.7 Å². The van der Waals surface area contributed by atoms with Gasteiger partial charge in [0.15, 0.2) is 0 Å². The van der Waals surface area contributed by atoms with E-state index in [1.807, 2.05) is 54.6 Å². The highest BCUT2D eigenvalue weighted by Gasteiger charge is 2.48. The lowest BCUT2D eigenvalue weighted by Gasteiger charge is -2.44. The van der Waals surface area contributed by atoms with Gasteiger partial charge in [-0.05, 0) is 59.7 Å². The molecule has 148 valence electrons. The summed E-state index contributed by atoms with van der Waals surface area (Å²) in [6, 6.07) is 22.2. The average molecular weight is 387 g/mol. The highest BCUT2D eigenvalue weighted by Crippen LogP contribution is 2.46. The Bertz CT molecular complexity index is 1050. The average Bonchev–Trinajstić information content (AvgIpc) is 2.98. The van der Waals surface area contributed by atoms with Gasteiger partial charge < -0.3 is 10.2 Å². The molecule has 0 amide bonds. The molecule has 0 spiro atoms. The summed E-state index contributed by atoms with van der Waals surface area (Å²) < 4.78 is 0. The number of benzene rings is 3. The quantitative estimate of drug-likeness (QED) is 0.689. The Kier molecular flexibility index (Phi) is 4.41. The molecule has 5 rings (SSSR count). The Hall–Kier alpha value is -2.69. The Balaban J connectivity index is 1.46. The minimum atomic E-state index is -0.892. The standard InChI is InChI=1S/C25H25NO3/c27-24(28)18-12-17-6-4-5-9-23(17)19(13-18)16-26-21-10-11-22(26)15-25(29,14-21)20-7-2-1-3-8-20/h1-9,12-13,21-22,29H,10-11,14-16H2,(H,27,28). The number of hydrogen-bond acceptors (Lipinski definition) is 3. The molecule has 0 aromatic heterocycles. The summed E-state index contributed by atoms with van der Waals surface area (Å²) in [7, 11) is 0. The Morgan fingerprint density at radius 1 is 0.966 bits per heavy atom. The number of fused-ring (bicyclic) bond motifs is 3. The van der Waals surface area contributed by atoms with Gasteiger partial charge in [0.2, 0.25) is 0 Å². The van der Waals surface area contributed by atoms with Crippen molar-refractivity contribution in [2.75, 3.05) is 0 Å². The Morgan fingerprint density at radius 3 is 2.31 bits per heavy atom. The molecule has 2 fully saturated rings. The van der Waals surface area contributed by atoms with E-state index in [1.165, 1.54) is 0 Å². The van der Waals surface area contributed by atoms with Crippen LogP contribution in [-0.2, 0) is 12.1 Å². The van der Waals surface area contributed by atoms with E-state index in [-0.39, 0.29) is 0 Å². The molecule has 2 atom stereocenters. The normalized spacial score (nSPS) is 26.7. The van der Waals surface area contributed by atoms with Crippen LogP contribution in [0.5, 0.6) is 0 Å². The number of rotatable bonds is 4. The zero-order valence-electron chi connectivity index (χ0n) is 16.3. The van der Waals surface area contributed by atoms with Gasteiger partial charge in [-0.2, -0.15) is 0 Å². The van der Waals surface area contributed by atoms with Gasteiger partial charge in [-0.25, -0.2) is 4.79 Å². The van der Waals surface area contributed by atoms with Crippen molar-refractivity contribution in [3.8, 4) is 0 Å². The molecule has 2 saturated heterocycles. The lowest BCUT2D eigenvalue weighted by molar-refractivity contribution is -0.0594. The first-order valence-electron chi connectivity index (χ1n) is 10.3. The molecule has 2 bridgehead atoms. The van der Waals surface area contributed by atoms with Gasteiger partial charge in [0.05, 0.1) is 11.2 Å². The van der Waals surface area contributed by atoms with Crippen molar-refractivity contribution in [3.05, 3.63) is 83.4 Å². The van der Waals surface area contributed by atoms with Gasteiger partial charge in [0.25, 0.3) is 0 Å². The highest BCUT2D eigenvalue weighted by atomic mass is 16.4. The lowest BCUT2D eigenvalue weighted by Crippen LogP contribution is -2.49. The van der Waals surface area contributed by atoms with Gasteiger partial charge in [-0.15, -0.1) is 0 Å². The van der Waals surface area contributed by atoms with Crippen LogP contribution in [0.1, 0.15) is 47.2 Å². The van der Waals surface area contributed by atoms with Crippen LogP contribution in [0.2, 0.25) is 0 Å². The second-order valence-corrected chi connectivity index (χ2v) is 8.52. The number of piperidine rings is 1. The number of carbonyl (C=O) groups is 1. The lowest BCUT2D eigenvalue weighted by atomic mass is 9.80. The first-order valence-corrected chi connectivity index (χ1v) is 10.3. The van der Waals surface area contributed by atoms with Crippen LogP contribution in [-0.4, -0.2) is 33.2 Å². The fraction of sp³-hybridized carbons (Fsp3) is 0.320. The Labute approximate surface area is 170 Å². The fourth-order valence-corrected chi connectivity index (χ4v) is 5.40. The summed E-state index contributed by atoms with van der Waals surface area (Å²) in [5.41, 5.74) is 1.63. The number of hydrogen-bond donors (Lipinski definition) is 2. The second kappa shape index (κ2) is 6.97. The molecule has 0 saturated carbocycles. The third kappa shape index (κ3) is 3.22. The van der Waals surface area contributed by atoms with Crippen molar-refractivity contribution in [3.63, 3.8) is 0 Å². The molecule has 3 aromatic rings. The topological polar surface area (TPSA) is 60.8 Å². The molecule has 0 radical (unpaired) electrons. The molecular formula is C25H25NO3. The van der Waals surface area contributed by atoms with Gasteiger partial charge in [0, 0.05) is 18.6 Å². The fourth-order valence-electron chi connectivity index (χ4n) is 5.40. The molecule has 2 unspecified atom stereocenters. The molecule has 2 heterocycles. The van der Waals surface area contributed by atoms with E-state index in [0.29, 0.717) is 17.6 Å². The maximum absolute atomic E-state index is 11.6. The van der Waals surface area contributed by atoms with Crippen molar-refractivity contribution in [1.29, 1.82) is 0 Å². The van der Waals surface area contributed by atoms with Crippen LogP contribution in [0, 0.1) is 0 Å². The molecule has 4 nitrogen and oxygen atoms in total. The summed E-state index contributed by atoms with van der Waals surface area (Å²) in [6.45, 7) is 0.724. The van der Waals surface area contributed by atoms with Crippen molar-refractivity contribution in [2.24, 2.45) is 0 Å². The first-order chi connectivity index (χ1) is 14.0. The van der Waals surface area contributed by atoms with Gasteiger partial charge >= 0.3 is 5.97 Å². The number of carboxylic acids is 1. The number of nitrogens with zero attached hydrogens (tertiary/aromatic N) is 1. The van der Waals surface area contributed by atoms with Crippen LogP contribution in [0.25, 0.3) is 10.8 Å². The minimum Gasteiger partial charge on any atom is -0.478 e. The summed E-state index contributed by atoms with van der Waals surface area (Å²) in [6.07, 6.45) is 3.61. The molecule has 2 aliphatic rings. The third-order valence-electron chi connectivity index (χ3n) is 6.78. The molecule has 2 N–H and O–H groups in total. The SMILES string of the molecule is O=C(O)c1cc(CN2C3CCC2CC(O)(c2ccccc2)C3)c2ccccc2c1. The summed E-state index contributed by atoms with van der Waals surface area (Å²) in [5, 5.41) is 23.0. The van der Waals surface area contributed by atoms with Crippen molar-refractivity contribution in [1.82, 2.24) is 4.90 Å². The molecule has 2 aliphatic heterocycles. The van der Waals surface area contributed by atoms with E-state index < -0.39 is 11.6 Å². The summed E-state index contributed by atoms with van der Waals surface area (Å²) in [5.74, 6) is -0.892. The maximum atomic E-state index is 11.6. The number of aromatic carboxylic acids is 1. The van der Waals surface area contributed by atoms with Crippen LogP contribution in [0.4, 0.5) is 0 Å². The smallest absolute Gasteiger partial charge is 0.335 e. The zero-order valence-corrected chi connectivity index (χ0v) is 16.3. The van der Waals surface area contributed by atoms with E-state index in [4.69, 9.17) is 0 Å². The third-order valence-corrected chi connectivity index (χ3v) is 6.78. The highest BCUT2D eigenvalue weighted by molar-refractivity contribution is 5.96. The zero-order chi connectivity index (χ0) is 20.0. The van der Waals surface area contributed by atoms with Gasteiger partial charge in [-0.1, -0.05) is 54.6 Å². The van der Waals surface area contributed by atoms with E-state index >= 15 is 0 Å². The van der Waals surface area contributed by atoms with E-state index in [9.17, 15) is 15.0 Å². The molecule has 29 heavy (non-hydrogen) atoms. The number of carboxylic acid groups (broad SMARTS) is 1. The monoisotopic (exact) mass is 387 g/mol. The van der Waals surface area contributed by atoms with Crippen LogP contribution >= 0.6 is 0 Å². The van der Waals surface area contributed by atoms with E-state index in [0.717, 1.165) is 54.1 Å². The predicted octanol–water partition coefficient (Wildman–Crippen LogP) is 4.55. The molecule has 3 aromatic carbocycles.